The molecule has 1 aliphatic rings. The number of aliphatic imine (C=N–C) groups is 1. The van der Waals surface area contributed by atoms with Crippen molar-refractivity contribution in [2.45, 2.75) is 31.4 Å². The van der Waals surface area contributed by atoms with Crippen molar-refractivity contribution in [1.82, 2.24) is 4.90 Å². The zero-order valence-electron chi connectivity index (χ0n) is 18.4. The number of ether oxygens (including phenoxy) is 1. The number of aliphatic hydroxyl groups is 1. The number of rotatable bonds is 10. The fraction of sp³-hybridized carbons (Fsp3) is 0.333. The molecule has 1 heterocycles. The number of carbonyl (C=O) groups is 3. The number of carbonyl (C=O) groups excluding carboxylic acids is 3. The van der Waals surface area contributed by atoms with Crippen LogP contribution in [0.4, 0.5) is 11.4 Å². The average molecular weight is 470 g/mol. The lowest BCUT2D eigenvalue weighted by Crippen LogP contribution is -2.34. The Balaban J connectivity index is 1.65. The number of amides is 2. The Kier molecular flexibility index (Phi) is 9.03. The van der Waals surface area contributed by atoms with Gasteiger partial charge in [0.15, 0.2) is 5.17 Å². The van der Waals surface area contributed by atoms with Crippen LogP contribution in [0.2, 0.25) is 0 Å². The molecule has 9 heteroatoms. The lowest BCUT2D eigenvalue weighted by atomic mass is 10.2. The second-order valence-electron chi connectivity index (χ2n) is 7.31. The number of aliphatic hydroxyl groups excluding tert-OH is 1. The molecule has 174 valence electrons. The monoisotopic (exact) mass is 469 g/mol. The van der Waals surface area contributed by atoms with Crippen LogP contribution in [0.25, 0.3) is 0 Å². The molecule has 1 saturated heterocycles. The summed E-state index contributed by atoms with van der Waals surface area (Å²) in [5.74, 6) is -0.892. The maximum atomic E-state index is 13.0. The Morgan fingerprint density at radius 2 is 1.85 bits per heavy atom. The molecule has 1 fully saturated rings. The molecular formula is C24H27N3O5S. The van der Waals surface area contributed by atoms with E-state index in [1.807, 2.05) is 30.3 Å². The molecule has 8 nitrogen and oxygen atoms in total. The second kappa shape index (κ2) is 12.2. The van der Waals surface area contributed by atoms with Gasteiger partial charge >= 0.3 is 5.97 Å². The number of benzene rings is 2. The first-order chi connectivity index (χ1) is 16.0. The van der Waals surface area contributed by atoms with Crippen LogP contribution in [-0.2, 0) is 14.3 Å². The van der Waals surface area contributed by atoms with E-state index in [2.05, 4.69) is 10.3 Å². The molecule has 33 heavy (non-hydrogen) atoms. The van der Waals surface area contributed by atoms with Gasteiger partial charge in [-0.25, -0.2) is 9.79 Å². The van der Waals surface area contributed by atoms with Gasteiger partial charge in [0.05, 0.1) is 17.9 Å². The molecular weight excluding hydrogens is 442 g/mol. The van der Waals surface area contributed by atoms with Crippen molar-refractivity contribution in [1.29, 1.82) is 0 Å². The number of nitrogens with zero attached hydrogens (tertiary/aromatic N) is 2. The zero-order valence-corrected chi connectivity index (χ0v) is 19.2. The van der Waals surface area contributed by atoms with Crippen LogP contribution in [0.3, 0.4) is 0 Å². The molecule has 3 rings (SSSR count). The SMILES string of the molecule is CCOC(=O)c1ccc(NC(=O)C[C@H]2SC(=Nc3ccccc3)N(CCCCO)C2=O)cc1. The van der Waals surface area contributed by atoms with Crippen molar-refractivity contribution in [2.75, 3.05) is 25.1 Å². The molecule has 2 N–H and O–H groups in total. The number of esters is 1. The van der Waals surface area contributed by atoms with E-state index < -0.39 is 11.2 Å². The molecule has 2 aromatic carbocycles. The van der Waals surface area contributed by atoms with Gasteiger partial charge in [-0.3, -0.25) is 14.5 Å². The zero-order chi connectivity index (χ0) is 23.6. The highest BCUT2D eigenvalue weighted by Gasteiger charge is 2.38. The predicted molar refractivity (Wildman–Crippen MR) is 129 cm³/mol. The van der Waals surface area contributed by atoms with Gasteiger partial charge in [-0.2, -0.15) is 0 Å². The number of hydrogen-bond acceptors (Lipinski definition) is 7. The number of nitrogens with one attached hydrogen (secondary N) is 1. The first kappa shape index (κ1) is 24.5. The van der Waals surface area contributed by atoms with Gasteiger partial charge in [-0.05, 0) is 56.2 Å². The largest absolute Gasteiger partial charge is 0.462 e. The highest BCUT2D eigenvalue weighted by atomic mass is 32.2. The number of hydrogen-bond donors (Lipinski definition) is 2. The Labute approximate surface area is 197 Å². The molecule has 0 aromatic heterocycles. The number of anilines is 1. The van der Waals surface area contributed by atoms with Crippen molar-refractivity contribution in [3.05, 3.63) is 60.2 Å². The smallest absolute Gasteiger partial charge is 0.338 e. The highest BCUT2D eigenvalue weighted by Crippen LogP contribution is 2.32. The quantitative estimate of drug-likeness (QED) is 0.407. The van der Waals surface area contributed by atoms with E-state index in [1.165, 1.54) is 11.8 Å². The van der Waals surface area contributed by atoms with Gasteiger partial charge in [0, 0.05) is 25.3 Å². The predicted octanol–water partition coefficient (Wildman–Crippen LogP) is 3.60. The maximum Gasteiger partial charge on any atom is 0.338 e. The summed E-state index contributed by atoms with van der Waals surface area (Å²) in [6, 6.07) is 15.7. The molecule has 2 amide bonds. The summed E-state index contributed by atoms with van der Waals surface area (Å²) in [5.41, 5.74) is 1.66. The second-order valence-corrected chi connectivity index (χ2v) is 8.48. The molecule has 0 spiro atoms. The van der Waals surface area contributed by atoms with Gasteiger partial charge in [-0.1, -0.05) is 30.0 Å². The minimum Gasteiger partial charge on any atom is -0.462 e. The Hall–Kier alpha value is -3.17. The van der Waals surface area contributed by atoms with E-state index in [1.54, 1.807) is 36.1 Å². The Morgan fingerprint density at radius 1 is 1.12 bits per heavy atom. The van der Waals surface area contributed by atoms with E-state index in [-0.39, 0.29) is 31.4 Å². The van der Waals surface area contributed by atoms with Crippen molar-refractivity contribution in [2.24, 2.45) is 4.99 Å². The van der Waals surface area contributed by atoms with E-state index in [0.29, 0.717) is 35.8 Å². The molecule has 1 aliphatic heterocycles. The summed E-state index contributed by atoms with van der Waals surface area (Å²) in [6.07, 6.45) is 1.22. The van der Waals surface area contributed by atoms with Crippen molar-refractivity contribution >= 4 is 46.1 Å². The van der Waals surface area contributed by atoms with E-state index >= 15 is 0 Å². The summed E-state index contributed by atoms with van der Waals surface area (Å²) >= 11 is 1.27. The number of unbranched alkanes of at least 4 members (excludes halogenated alkanes) is 1. The van der Waals surface area contributed by atoms with Gasteiger partial charge in [-0.15, -0.1) is 0 Å². The highest BCUT2D eigenvalue weighted by molar-refractivity contribution is 8.15. The van der Waals surface area contributed by atoms with Gasteiger partial charge < -0.3 is 15.2 Å². The van der Waals surface area contributed by atoms with Crippen LogP contribution in [0.15, 0.2) is 59.6 Å². The molecule has 0 saturated carbocycles. The van der Waals surface area contributed by atoms with Crippen molar-refractivity contribution < 1.29 is 24.2 Å². The van der Waals surface area contributed by atoms with Crippen LogP contribution in [0.5, 0.6) is 0 Å². The van der Waals surface area contributed by atoms with Gasteiger partial charge in [0.1, 0.15) is 5.25 Å². The standard InChI is InChI=1S/C24H27N3O5S/c1-2-32-23(31)17-10-12-19(13-11-17)25-21(29)16-20-22(30)27(14-6-7-15-28)24(33-20)26-18-8-4-3-5-9-18/h3-5,8-13,20,28H,2,6-7,14-16H2,1H3,(H,25,29)/t20-/m1/s1. The Morgan fingerprint density at radius 3 is 2.52 bits per heavy atom. The average Bonchev–Trinajstić information content (AvgIpc) is 3.09. The topological polar surface area (TPSA) is 108 Å². The number of thioether (sulfide) groups is 1. The number of para-hydroxylation sites is 1. The van der Waals surface area contributed by atoms with Crippen LogP contribution in [0.1, 0.15) is 36.5 Å². The molecule has 0 unspecified atom stereocenters. The molecule has 1 atom stereocenters. The first-order valence-electron chi connectivity index (χ1n) is 10.8. The third-order valence-corrected chi connectivity index (χ3v) is 6.02. The van der Waals surface area contributed by atoms with E-state index in [4.69, 9.17) is 9.84 Å². The molecule has 2 aromatic rings. The fourth-order valence-corrected chi connectivity index (χ4v) is 4.39. The molecule has 0 bridgehead atoms. The minimum absolute atomic E-state index is 0.00651. The number of amidine groups is 1. The summed E-state index contributed by atoms with van der Waals surface area (Å²) in [4.78, 5) is 43.6. The molecule has 0 radical (unpaired) electrons. The summed E-state index contributed by atoms with van der Waals surface area (Å²) < 4.78 is 4.95. The lowest BCUT2D eigenvalue weighted by molar-refractivity contribution is -0.128. The summed E-state index contributed by atoms with van der Waals surface area (Å²) in [7, 11) is 0. The molecule has 0 aliphatic carbocycles. The summed E-state index contributed by atoms with van der Waals surface area (Å²) in [6.45, 7) is 2.52. The van der Waals surface area contributed by atoms with E-state index in [9.17, 15) is 14.4 Å². The van der Waals surface area contributed by atoms with Gasteiger partial charge in [0.25, 0.3) is 0 Å². The Bertz CT molecular complexity index is 995. The maximum absolute atomic E-state index is 13.0. The van der Waals surface area contributed by atoms with Crippen molar-refractivity contribution in [3.8, 4) is 0 Å². The van der Waals surface area contributed by atoms with Crippen molar-refractivity contribution in [3.63, 3.8) is 0 Å². The first-order valence-corrected chi connectivity index (χ1v) is 11.7. The normalized spacial score (nSPS) is 16.8. The van der Waals surface area contributed by atoms with Crippen LogP contribution in [0, 0.1) is 0 Å². The van der Waals surface area contributed by atoms with Crippen LogP contribution >= 0.6 is 11.8 Å². The summed E-state index contributed by atoms with van der Waals surface area (Å²) in [5, 5.41) is 11.8. The van der Waals surface area contributed by atoms with Crippen LogP contribution in [-0.4, -0.2) is 58.0 Å². The lowest BCUT2D eigenvalue weighted by Gasteiger charge is -2.16. The third kappa shape index (κ3) is 6.90. The van der Waals surface area contributed by atoms with E-state index in [0.717, 1.165) is 5.69 Å². The minimum atomic E-state index is -0.583. The third-order valence-electron chi connectivity index (χ3n) is 4.84. The van der Waals surface area contributed by atoms with Crippen LogP contribution < -0.4 is 5.32 Å². The van der Waals surface area contributed by atoms with Gasteiger partial charge in [0.2, 0.25) is 11.8 Å². The fourth-order valence-electron chi connectivity index (χ4n) is 3.21.